The van der Waals surface area contributed by atoms with Crippen LogP contribution in [0.4, 0.5) is 0 Å². The van der Waals surface area contributed by atoms with Gasteiger partial charge in [0.25, 0.3) is 5.56 Å². The number of aromatic nitrogens is 8. The zero-order valence-electron chi connectivity index (χ0n) is 25.7. The molecule has 0 atom stereocenters. The molecule has 8 aromatic rings. The van der Waals surface area contributed by atoms with E-state index in [1.54, 1.807) is 36.9 Å². The Morgan fingerprint density at radius 3 is 1.48 bits per heavy atom. The maximum Gasteiger partial charge on any atom is 0.276 e. The van der Waals surface area contributed by atoms with Gasteiger partial charge in [0.2, 0.25) is 0 Å². The summed E-state index contributed by atoms with van der Waals surface area (Å²) in [6.45, 7) is 1.02. The van der Waals surface area contributed by atoms with E-state index in [4.69, 9.17) is 17.3 Å². The third-order valence-electron chi connectivity index (χ3n) is 7.60. The van der Waals surface area contributed by atoms with Crippen molar-refractivity contribution in [1.29, 1.82) is 0 Å². The third kappa shape index (κ3) is 6.51. The SMILES string of the molecule is O=c1c2cccnc2c(-c2ccccn2)nn1Cc1ccccc1.S=c1c2cccnc2c(-c2ccccn2)nn1Cc1ccccc1. The molecule has 9 nitrogen and oxygen atoms in total. The second kappa shape index (κ2) is 14.0. The first-order valence-electron chi connectivity index (χ1n) is 15.3. The van der Waals surface area contributed by atoms with E-state index in [-0.39, 0.29) is 5.56 Å². The maximum absolute atomic E-state index is 12.8. The number of pyridine rings is 4. The average Bonchev–Trinajstić information content (AvgIpc) is 3.16. The van der Waals surface area contributed by atoms with E-state index < -0.39 is 0 Å². The molecule has 0 unspecified atom stereocenters. The van der Waals surface area contributed by atoms with Crippen LogP contribution in [0.5, 0.6) is 0 Å². The summed E-state index contributed by atoms with van der Waals surface area (Å²) in [6, 6.07) is 38.8. The van der Waals surface area contributed by atoms with Crippen LogP contribution in [0, 0.1) is 4.64 Å². The van der Waals surface area contributed by atoms with Crippen molar-refractivity contribution in [2.45, 2.75) is 13.1 Å². The molecule has 10 heteroatoms. The highest BCUT2D eigenvalue weighted by Crippen LogP contribution is 2.24. The van der Waals surface area contributed by atoms with Crippen molar-refractivity contribution in [3.8, 4) is 22.8 Å². The number of hydrogen-bond donors (Lipinski definition) is 0. The quantitative estimate of drug-likeness (QED) is 0.176. The van der Waals surface area contributed by atoms with Crippen molar-refractivity contribution in [2.75, 3.05) is 0 Å². The lowest BCUT2D eigenvalue weighted by Gasteiger charge is -2.11. The van der Waals surface area contributed by atoms with Crippen LogP contribution in [0.1, 0.15) is 11.1 Å². The summed E-state index contributed by atoms with van der Waals surface area (Å²) in [6.07, 6.45) is 6.89. The average molecular weight is 645 g/mol. The van der Waals surface area contributed by atoms with Crippen LogP contribution >= 0.6 is 12.2 Å². The Bertz CT molecular complexity index is 2260. The Morgan fingerprint density at radius 2 is 0.938 bits per heavy atom. The predicted molar refractivity (Wildman–Crippen MR) is 190 cm³/mol. The summed E-state index contributed by atoms with van der Waals surface area (Å²) in [5, 5.41) is 10.8. The molecule has 0 radical (unpaired) electrons. The summed E-state index contributed by atoms with van der Waals surface area (Å²) in [5.41, 5.74) is 6.22. The first kappa shape index (κ1) is 30.4. The van der Waals surface area contributed by atoms with Gasteiger partial charge in [-0.05, 0) is 59.7 Å². The molecule has 0 fully saturated rings. The molecule has 2 aromatic carbocycles. The van der Waals surface area contributed by atoms with Gasteiger partial charge in [0.15, 0.2) is 0 Å². The second-order valence-electron chi connectivity index (χ2n) is 10.8. The normalized spacial score (nSPS) is 10.8. The highest BCUT2D eigenvalue weighted by atomic mass is 32.1. The van der Waals surface area contributed by atoms with Gasteiger partial charge in [0.05, 0.1) is 29.9 Å². The number of nitrogens with zero attached hydrogens (tertiary/aromatic N) is 8. The summed E-state index contributed by atoms with van der Waals surface area (Å²) >= 11 is 5.64. The van der Waals surface area contributed by atoms with Crippen LogP contribution in [-0.4, -0.2) is 39.5 Å². The molecule has 0 aliphatic carbocycles. The van der Waals surface area contributed by atoms with Gasteiger partial charge in [0.1, 0.15) is 27.1 Å². The molecule has 8 rings (SSSR count). The van der Waals surface area contributed by atoms with E-state index in [9.17, 15) is 4.79 Å². The molecular formula is C38H28N8OS. The topological polar surface area (TPSA) is 104 Å². The predicted octanol–water partition coefficient (Wildman–Crippen LogP) is 7.17. The molecule has 0 N–H and O–H groups in total. The number of rotatable bonds is 6. The van der Waals surface area contributed by atoms with Crippen LogP contribution in [-0.2, 0) is 13.1 Å². The van der Waals surface area contributed by atoms with Gasteiger partial charge < -0.3 is 0 Å². The Kier molecular flexibility index (Phi) is 8.88. The lowest BCUT2D eigenvalue weighted by atomic mass is 10.2. The summed E-state index contributed by atoms with van der Waals surface area (Å²) in [5.74, 6) is 0. The summed E-state index contributed by atoms with van der Waals surface area (Å²) in [7, 11) is 0. The molecule has 232 valence electrons. The third-order valence-corrected chi connectivity index (χ3v) is 8.03. The monoisotopic (exact) mass is 644 g/mol. The molecule has 6 aromatic heterocycles. The lowest BCUT2D eigenvalue weighted by molar-refractivity contribution is 0.649. The van der Waals surface area contributed by atoms with Crippen molar-refractivity contribution in [3.63, 3.8) is 0 Å². The Balaban J connectivity index is 0.000000152. The van der Waals surface area contributed by atoms with Crippen LogP contribution in [0.2, 0.25) is 0 Å². The molecule has 0 aliphatic heterocycles. The fourth-order valence-electron chi connectivity index (χ4n) is 5.32. The van der Waals surface area contributed by atoms with Gasteiger partial charge >= 0.3 is 0 Å². The fraction of sp³-hybridized carbons (Fsp3) is 0.0526. The van der Waals surface area contributed by atoms with E-state index in [0.29, 0.717) is 40.0 Å². The molecule has 48 heavy (non-hydrogen) atoms. The molecular weight excluding hydrogens is 617 g/mol. The van der Waals surface area contributed by atoms with E-state index in [1.165, 1.54) is 4.68 Å². The van der Waals surface area contributed by atoms with Crippen molar-refractivity contribution >= 4 is 34.0 Å². The highest BCUT2D eigenvalue weighted by molar-refractivity contribution is 7.71. The van der Waals surface area contributed by atoms with Crippen LogP contribution in [0.15, 0.2) is 151 Å². The lowest BCUT2D eigenvalue weighted by Crippen LogP contribution is -2.24. The molecule has 0 aliphatic rings. The number of fused-ring (bicyclic) bond motifs is 2. The second-order valence-corrected chi connectivity index (χ2v) is 11.2. The molecule has 0 amide bonds. The molecule has 6 heterocycles. The van der Waals surface area contributed by atoms with Crippen molar-refractivity contribution < 1.29 is 0 Å². The highest BCUT2D eigenvalue weighted by Gasteiger charge is 2.15. The van der Waals surface area contributed by atoms with E-state index in [1.807, 2.05) is 102 Å². The zero-order chi connectivity index (χ0) is 32.7. The van der Waals surface area contributed by atoms with Crippen LogP contribution in [0.25, 0.3) is 44.6 Å². The van der Waals surface area contributed by atoms with Crippen molar-refractivity contribution in [1.82, 2.24) is 39.5 Å². The van der Waals surface area contributed by atoms with E-state index in [2.05, 4.69) is 37.2 Å². The van der Waals surface area contributed by atoms with Crippen molar-refractivity contribution in [3.05, 3.63) is 172 Å². The number of hydrogen-bond acceptors (Lipinski definition) is 8. The van der Waals surface area contributed by atoms with Gasteiger partial charge in [-0.3, -0.25) is 24.7 Å². The molecule has 0 bridgehead atoms. The maximum atomic E-state index is 12.8. The smallest absolute Gasteiger partial charge is 0.267 e. The standard InChI is InChI=1S/C19H14N4O.C19H14N4S/c2*24-19-15-9-6-12-21-17(15)18(16-10-4-5-11-20-16)22-23(19)13-14-7-2-1-3-8-14/h2*1-12H,13H2. The van der Waals surface area contributed by atoms with Gasteiger partial charge in [-0.1, -0.05) is 85.0 Å². The minimum absolute atomic E-state index is 0.151. The largest absolute Gasteiger partial charge is 0.276 e. The number of benzene rings is 2. The Hall–Kier alpha value is -6.26. The summed E-state index contributed by atoms with van der Waals surface area (Å²) in [4.78, 5) is 30.4. The molecule has 0 saturated heterocycles. The fourth-order valence-corrected chi connectivity index (χ4v) is 5.59. The minimum Gasteiger partial charge on any atom is -0.267 e. The van der Waals surface area contributed by atoms with Gasteiger partial charge in [-0.25, -0.2) is 9.36 Å². The van der Waals surface area contributed by atoms with Gasteiger partial charge in [-0.2, -0.15) is 10.2 Å². The van der Waals surface area contributed by atoms with Gasteiger partial charge in [0, 0.05) is 30.2 Å². The minimum atomic E-state index is -0.151. The van der Waals surface area contributed by atoms with Crippen LogP contribution in [0.3, 0.4) is 0 Å². The molecule has 0 spiro atoms. The first-order valence-corrected chi connectivity index (χ1v) is 15.7. The zero-order valence-corrected chi connectivity index (χ0v) is 26.5. The van der Waals surface area contributed by atoms with E-state index >= 15 is 0 Å². The Morgan fingerprint density at radius 1 is 0.479 bits per heavy atom. The van der Waals surface area contributed by atoms with E-state index in [0.717, 1.165) is 33.4 Å². The molecule has 0 saturated carbocycles. The first-order chi connectivity index (χ1) is 23.7. The summed E-state index contributed by atoms with van der Waals surface area (Å²) < 4.78 is 4.00. The van der Waals surface area contributed by atoms with Crippen LogP contribution < -0.4 is 5.56 Å². The Labute approximate surface area is 280 Å². The van der Waals surface area contributed by atoms with Crippen molar-refractivity contribution in [2.24, 2.45) is 0 Å². The van der Waals surface area contributed by atoms with Gasteiger partial charge in [-0.15, -0.1) is 0 Å².